The summed E-state index contributed by atoms with van der Waals surface area (Å²) in [5, 5.41) is 4.21. The van der Waals surface area contributed by atoms with Crippen molar-refractivity contribution in [1.29, 1.82) is 0 Å². The molecule has 0 bridgehead atoms. The normalized spacial score (nSPS) is 16.6. The third-order valence-corrected chi connectivity index (χ3v) is 6.36. The van der Waals surface area contributed by atoms with Gasteiger partial charge in [0.05, 0.1) is 17.2 Å². The van der Waals surface area contributed by atoms with Crippen molar-refractivity contribution in [3.8, 4) is 11.1 Å². The lowest BCUT2D eigenvalue weighted by molar-refractivity contribution is -0.133. The van der Waals surface area contributed by atoms with E-state index >= 15 is 0 Å². The number of aromatic nitrogens is 5. The number of fused-ring (bicyclic) bond motifs is 1. The molecule has 1 saturated heterocycles. The van der Waals surface area contributed by atoms with Gasteiger partial charge in [0.2, 0.25) is 5.91 Å². The van der Waals surface area contributed by atoms with Gasteiger partial charge in [0.15, 0.2) is 0 Å². The maximum Gasteiger partial charge on any atom is 0.329 e. The molecule has 8 heteroatoms. The Kier molecular flexibility index (Phi) is 5.13. The summed E-state index contributed by atoms with van der Waals surface area (Å²) in [5.41, 5.74) is 4.51. The standard InChI is InChI=1S/C24H26N6O2/c1-27-14-19(13-26-27)17-9-10-20(25-12-17)18-6-5-11-29(15-18)23(31)16-30-22-8-4-3-7-21(22)28(2)24(30)32/h3-4,7-10,12-14,18H,5-6,11,15-16H2,1-2H3/t18-/m0/s1. The van der Waals surface area contributed by atoms with Crippen LogP contribution in [0.3, 0.4) is 0 Å². The first kappa shape index (κ1) is 20.2. The Labute approximate surface area is 185 Å². The van der Waals surface area contributed by atoms with Crippen LogP contribution in [0.4, 0.5) is 0 Å². The molecule has 164 valence electrons. The van der Waals surface area contributed by atoms with Crippen molar-refractivity contribution in [2.75, 3.05) is 13.1 Å². The third kappa shape index (κ3) is 3.62. The minimum Gasteiger partial charge on any atom is -0.340 e. The van der Waals surface area contributed by atoms with Gasteiger partial charge in [-0.1, -0.05) is 18.2 Å². The fraction of sp³-hybridized carbons (Fsp3) is 0.333. The molecule has 1 aromatic carbocycles. The van der Waals surface area contributed by atoms with E-state index in [0.29, 0.717) is 13.1 Å². The van der Waals surface area contributed by atoms with Crippen LogP contribution in [0, 0.1) is 0 Å². The number of piperidine rings is 1. The lowest BCUT2D eigenvalue weighted by Gasteiger charge is -2.32. The van der Waals surface area contributed by atoms with E-state index in [9.17, 15) is 9.59 Å². The summed E-state index contributed by atoms with van der Waals surface area (Å²) in [5.74, 6) is 0.167. The van der Waals surface area contributed by atoms with Crippen LogP contribution in [0.25, 0.3) is 22.2 Å². The highest BCUT2D eigenvalue weighted by Gasteiger charge is 2.26. The van der Waals surface area contributed by atoms with Crippen molar-refractivity contribution < 1.29 is 4.79 Å². The number of carbonyl (C=O) groups excluding carboxylic acids is 1. The zero-order chi connectivity index (χ0) is 22.2. The molecule has 1 amide bonds. The summed E-state index contributed by atoms with van der Waals surface area (Å²) in [4.78, 5) is 32.4. The van der Waals surface area contributed by atoms with Crippen molar-refractivity contribution in [1.82, 2.24) is 28.8 Å². The molecule has 1 fully saturated rings. The van der Waals surface area contributed by atoms with Gasteiger partial charge in [-0.05, 0) is 31.0 Å². The number of nitrogens with zero attached hydrogens (tertiary/aromatic N) is 6. The van der Waals surface area contributed by atoms with Crippen molar-refractivity contribution >= 4 is 16.9 Å². The summed E-state index contributed by atoms with van der Waals surface area (Å²) < 4.78 is 4.94. The first-order valence-electron chi connectivity index (χ1n) is 10.9. The molecule has 0 aliphatic carbocycles. The molecular weight excluding hydrogens is 404 g/mol. The van der Waals surface area contributed by atoms with E-state index in [4.69, 9.17) is 4.98 Å². The van der Waals surface area contributed by atoms with E-state index in [0.717, 1.165) is 40.7 Å². The topological polar surface area (TPSA) is 78.0 Å². The summed E-state index contributed by atoms with van der Waals surface area (Å²) in [6, 6.07) is 11.7. The van der Waals surface area contributed by atoms with Crippen LogP contribution >= 0.6 is 0 Å². The summed E-state index contributed by atoms with van der Waals surface area (Å²) >= 11 is 0. The minimum absolute atomic E-state index is 0.0277. The molecule has 1 aliphatic rings. The number of likely N-dealkylation sites (tertiary alicyclic amines) is 1. The number of rotatable bonds is 4. The zero-order valence-electron chi connectivity index (χ0n) is 18.3. The molecule has 0 N–H and O–H groups in total. The molecule has 0 saturated carbocycles. The molecule has 32 heavy (non-hydrogen) atoms. The highest BCUT2D eigenvalue weighted by molar-refractivity contribution is 5.81. The highest BCUT2D eigenvalue weighted by atomic mass is 16.2. The number of hydrogen-bond acceptors (Lipinski definition) is 4. The maximum absolute atomic E-state index is 13.1. The van der Waals surface area contributed by atoms with Gasteiger partial charge in [-0.2, -0.15) is 5.10 Å². The van der Waals surface area contributed by atoms with Gasteiger partial charge in [0.1, 0.15) is 6.54 Å². The molecule has 8 nitrogen and oxygen atoms in total. The highest BCUT2D eigenvalue weighted by Crippen LogP contribution is 2.27. The molecule has 4 aromatic rings. The SMILES string of the molecule is Cn1cc(-c2ccc([C@H]3CCCN(C(=O)Cn4c(=O)n(C)c5ccccc54)C3)nc2)cn1. The number of para-hydroxylation sites is 2. The van der Waals surface area contributed by atoms with Crippen molar-refractivity contribution in [3.63, 3.8) is 0 Å². The molecule has 0 radical (unpaired) electrons. The van der Waals surface area contributed by atoms with Crippen LogP contribution in [0.5, 0.6) is 0 Å². The lowest BCUT2D eigenvalue weighted by Crippen LogP contribution is -2.42. The lowest BCUT2D eigenvalue weighted by atomic mass is 9.93. The Morgan fingerprint density at radius 1 is 1.06 bits per heavy atom. The van der Waals surface area contributed by atoms with E-state index in [1.807, 2.05) is 54.8 Å². The molecule has 1 atom stereocenters. The molecular formula is C24H26N6O2. The van der Waals surface area contributed by atoms with Crippen molar-refractivity contribution in [3.05, 3.63) is 71.2 Å². The third-order valence-electron chi connectivity index (χ3n) is 6.36. The van der Waals surface area contributed by atoms with E-state index in [1.54, 1.807) is 20.9 Å². The van der Waals surface area contributed by atoms with Crippen LogP contribution in [-0.2, 0) is 25.4 Å². The first-order valence-corrected chi connectivity index (χ1v) is 10.9. The number of benzene rings is 1. The number of hydrogen-bond donors (Lipinski definition) is 0. The van der Waals surface area contributed by atoms with Gasteiger partial charge in [-0.3, -0.25) is 23.6 Å². The molecule has 1 aliphatic heterocycles. The molecule has 3 aromatic heterocycles. The Hall–Kier alpha value is -3.68. The Balaban J connectivity index is 1.32. The Bertz CT molecular complexity index is 1330. The van der Waals surface area contributed by atoms with E-state index in [-0.39, 0.29) is 24.1 Å². The largest absolute Gasteiger partial charge is 0.340 e. The van der Waals surface area contributed by atoms with Gasteiger partial charge in [-0.15, -0.1) is 0 Å². The maximum atomic E-state index is 13.1. The van der Waals surface area contributed by atoms with Gasteiger partial charge in [-0.25, -0.2) is 4.79 Å². The van der Waals surface area contributed by atoms with E-state index in [2.05, 4.69) is 17.2 Å². The number of carbonyl (C=O) groups is 1. The van der Waals surface area contributed by atoms with Crippen LogP contribution in [0.15, 0.2) is 59.8 Å². The monoisotopic (exact) mass is 430 g/mol. The van der Waals surface area contributed by atoms with Crippen LogP contribution in [-0.4, -0.2) is 47.8 Å². The molecule has 5 rings (SSSR count). The van der Waals surface area contributed by atoms with Crippen LogP contribution in [0.1, 0.15) is 24.5 Å². The fourth-order valence-corrected chi connectivity index (χ4v) is 4.58. The summed E-state index contributed by atoms with van der Waals surface area (Å²) in [6.45, 7) is 1.39. The second-order valence-electron chi connectivity index (χ2n) is 8.47. The Morgan fingerprint density at radius 2 is 1.88 bits per heavy atom. The van der Waals surface area contributed by atoms with Crippen molar-refractivity contribution in [2.45, 2.75) is 25.3 Å². The second kappa shape index (κ2) is 8.11. The smallest absolute Gasteiger partial charge is 0.329 e. The van der Waals surface area contributed by atoms with Crippen LogP contribution < -0.4 is 5.69 Å². The van der Waals surface area contributed by atoms with Gasteiger partial charge in [0.25, 0.3) is 0 Å². The molecule has 0 spiro atoms. The number of imidazole rings is 1. The molecule has 0 unspecified atom stereocenters. The summed E-state index contributed by atoms with van der Waals surface area (Å²) in [7, 11) is 3.63. The van der Waals surface area contributed by atoms with Gasteiger partial charge < -0.3 is 4.90 Å². The average Bonchev–Trinajstić information content (AvgIpc) is 3.36. The minimum atomic E-state index is -0.166. The predicted molar refractivity (Wildman–Crippen MR) is 122 cm³/mol. The summed E-state index contributed by atoms with van der Waals surface area (Å²) in [6.07, 6.45) is 7.59. The fourth-order valence-electron chi connectivity index (χ4n) is 4.58. The van der Waals surface area contributed by atoms with Crippen molar-refractivity contribution in [2.24, 2.45) is 14.1 Å². The Morgan fingerprint density at radius 3 is 2.59 bits per heavy atom. The average molecular weight is 431 g/mol. The molecule has 4 heterocycles. The quantitative estimate of drug-likeness (QED) is 0.499. The number of aryl methyl sites for hydroxylation is 2. The zero-order valence-corrected chi connectivity index (χ0v) is 18.3. The van der Waals surface area contributed by atoms with Crippen LogP contribution in [0.2, 0.25) is 0 Å². The van der Waals surface area contributed by atoms with E-state index < -0.39 is 0 Å². The number of amides is 1. The first-order chi connectivity index (χ1) is 15.5. The second-order valence-corrected chi connectivity index (χ2v) is 8.47. The van der Waals surface area contributed by atoms with Gasteiger partial charge in [0, 0.05) is 62.3 Å². The van der Waals surface area contributed by atoms with Gasteiger partial charge >= 0.3 is 5.69 Å². The number of pyridine rings is 1. The predicted octanol–water partition coefficient (Wildman–Crippen LogP) is 2.54. The van der Waals surface area contributed by atoms with E-state index in [1.165, 1.54) is 0 Å².